The first-order valence-electron chi connectivity index (χ1n) is 4.31. The van der Waals surface area contributed by atoms with E-state index in [1.165, 1.54) is 11.8 Å². The standard InChI is InChI=1S/C8H11NO4S2/c1-15-5(4-14)8(12)13-9-6(10)2-3-7(9)11/h5,14H,2-4H2,1H3. The molecule has 1 saturated heterocycles. The molecule has 0 spiro atoms. The van der Waals surface area contributed by atoms with Crippen molar-refractivity contribution in [1.82, 2.24) is 5.06 Å². The van der Waals surface area contributed by atoms with E-state index in [2.05, 4.69) is 12.6 Å². The Morgan fingerprint density at radius 3 is 2.47 bits per heavy atom. The van der Waals surface area contributed by atoms with E-state index in [-0.39, 0.29) is 12.8 Å². The number of hydroxylamine groups is 2. The van der Waals surface area contributed by atoms with Crippen molar-refractivity contribution in [3.8, 4) is 0 Å². The molecule has 0 aromatic rings. The number of amides is 2. The molecule has 0 N–H and O–H groups in total. The van der Waals surface area contributed by atoms with E-state index in [9.17, 15) is 14.4 Å². The van der Waals surface area contributed by atoms with Gasteiger partial charge in [-0.2, -0.15) is 12.6 Å². The topological polar surface area (TPSA) is 63.7 Å². The molecule has 2 amide bonds. The van der Waals surface area contributed by atoms with Gasteiger partial charge in [-0.25, -0.2) is 4.79 Å². The Hall–Kier alpha value is -0.690. The van der Waals surface area contributed by atoms with Crippen molar-refractivity contribution < 1.29 is 19.2 Å². The van der Waals surface area contributed by atoms with Crippen LogP contribution in [0.1, 0.15) is 12.8 Å². The van der Waals surface area contributed by atoms with Gasteiger partial charge in [0.15, 0.2) is 0 Å². The quantitative estimate of drug-likeness (QED) is 0.572. The van der Waals surface area contributed by atoms with Crippen LogP contribution in [-0.4, -0.2) is 40.1 Å². The van der Waals surface area contributed by atoms with Gasteiger partial charge in [-0.3, -0.25) is 9.59 Å². The summed E-state index contributed by atoms with van der Waals surface area (Å²) in [6.07, 6.45) is 1.95. The van der Waals surface area contributed by atoms with Gasteiger partial charge in [0, 0.05) is 18.6 Å². The van der Waals surface area contributed by atoms with Crippen LogP contribution in [0.4, 0.5) is 0 Å². The Balaban J connectivity index is 2.57. The van der Waals surface area contributed by atoms with Crippen molar-refractivity contribution in [3.63, 3.8) is 0 Å². The van der Waals surface area contributed by atoms with Gasteiger partial charge >= 0.3 is 5.97 Å². The van der Waals surface area contributed by atoms with Crippen molar-refractivity contribution in [2.75, 3.05) is 12.0 Å². The molecule has 0 radical (unpaired) electrons. The lowest BCUT2D eigenvalue weighted by Crippen LogP contribution is -2.36. The maximum atomic E-state index is 11.4. The third kappa shape index (κ3) is 2.88. The Kier molecular flexibility index (Phi) is 4.46. The van der Waals surface area contributed by atoms with E-state index in [1.54, 1.807) is 6.26 Å². The monoisotopic (exact) mass is 249 g/mol. The zero-order valence-electron chi connectivity index (χ0n) is 8.13. The van der Waals surface area contributed by atoms with Gasteiger partial charge in [0.25, 0.3) is 11.8 Å². The molecule has 0 bridgehead atoms. The van der Waals surface area contributed by atoms with Gasteiger partial charge in [0.2, 0.25) is 0 Å². The van der Waals surface area contributed by atoms with E-state index in [1.807, 2.05) is 0 Å². The highest BCUT2D eigenvalue weighted by Gasteiger charge is 2.34. The summed E-state index contributed by atoms with van der Waals surface area (Å²) in [6.45, 7) is 0. The van der Waals surface area contributed by atoms with Gasteiger partial charge in [-0.05, 0) is 6.26 Å². The molecule has 0 aromatic carbocycles. The molecule has 0 aromatic heterocycles. The molecule has 5 nitrogen and oxygen atoms in total. The molecule has 1 unspecified atom stereocenters. The van der Waals surface area contributed by atoms with E-state index in [0.717, 1.165) is 0 Å². The predicted molar refractivity (Wildman–Crippen MR) is 58.3 cm³/mol. The summed E-state index contributed by atoms with van der Waals surface area (Å²) in [5.41, 5.74) is 0. The molecule has 15 heavy (non-hydrogen) atoms. The third-order valence-corrected chi connectivity index (χ3v) is 3.44. The molecule has 1 atom stereocenters. The summed E-state index contributed by atoms with van der Waals surface area (Å²) in [5, 5.41) is 0.0872. The number of hydrogen-bond donors (Lipinski definition) is 1. The molecule has 0 aliphatic carbocycles. The molecule has 1 aliphatic rings. The van der Waals surface area contributed by atoms with Crippen molar-refractivity contribution >= 4 is 42.2 Å². The zero-order chi connectivity index (χ0) is 11.4. The second-order valence-corrected chi connectivity index (χ2v) is 4.30. The van der Waals surface area contributed by atoms with Crippen molar-refractivity contribution in [1.29, 1.82) is 0 Å². The average Bonchev–Trinajstić information content (AvgIpc) is 2.51. The number of thiol groups is 1. The smallest absolute Gasteiger partial charge is 0.329 e. The van der Waals surface area contributed by atoms with Crippen LogP contribution in [0.15, 0.2) is 0 Å². The largest absolute Gasteiger partial charge is 0.346 e. The van der Waals surface area contributed by atoms with E-state index in [4.69, 9.17) is 4.84 Å². The van der Waals surface area contributed by atoms with Crippen LogP contribution in [0.3, 0.4) is 0 Å². The van der Waals surface area contributed by atoms with Crippen LogP contribution in [0.25, 0.3) is 0 Å². The van der Waals surface area contributed by atoms with Crippen molar-refractivity contribution in [3.05, 3.63) is 0 Å². The third-order valence-electron chi connectivity index (χ3n) is 1.90. The minimum atomic E-state index is -0.610. The van der Waals surface area contributed by atoms with Gasteiger partial charge in [-0.15, -0.1) is 16.8 Å². The molecule has 1 rings (SSSR count). The van der Waals surface area contributed by atoms with E-state index in [0.29, 0.717) is 10.8 Å². The Morgan fingerprint density at radius 1 is 1.53 bits per heavy atom. The number of hydrogen-bond acceptors (Lipinski definition) is 6. The van der Waals surface area contributed by atoms with Crippen LogP contribution >= 0.6 is 24.4 Å². The van der Waals surface area contributed by atoms with Crippen LogP contribution in [0.2, 0.25) is 0 Å². The Bertz CT molecular complexity index is 274. The fraction of sp³-hybridized carbons (Fsp3) is 0.625. The summed E-state index contributed by atoms with van der Waals surface area (Å²) >= 11 is 5.23. The number of rotatable bonds is 4. The number of carbonyl (C=O) groups is 3. The fourth-order valence-electron chi connectivity index (χ4n) is 1.05. The minimum Gasteiger partial charge on any atom is -0.329 e. The number of imide groups is 1. The first kappa shape index (κ1) is 12.4. The normalized spacial score (nSPS) is 18.1. The summed E-state index contributed by atoms with van der Waals surface area (Å²) in [7, 11) is 0. The highest BCUT2D eigenvalue weighted by molar-refractivity contribution is 8.00. The first-order valence-corrected chi connectivity index (χ1v) is 6.23. The van der Waals surface area contributed by atoms with Crippen LogP contribution in [0, 0.1) is 0 Å². The molecule has 0 saturated carbocycles. The molecule has 84 valence electrons. The highest BCUT2D eigenvalue weighted by Crippen LogP contribution is 2.16. The van der Waals surface area contributed by atoms with E-state index < -0.39 is 23.0 Å². The van der Waals surface area contributed by atoms with Gasteiger partial charge in [0.05, 0.1) is 0 Å². The second kappa shape index (κ2) is 5.41. The lowest BCUT2D eigenvalue weighted by molar-refractivity contribution is -0.196. The van der Waals surface area contributed by atoms with Crippen molar-refractivity contribution in [2.45, 2.75) is 18.1 Å². The lowest BCUT2D eigenvalue weighted by atomic mass is 10.4. The zero-order valence-corrected chi connectivity index (χ0v) is 9.85. The van der Waals surface area contributed by atoms with Crippen LogP contribution in [0.5, 0.6) is 0 Å². The first-order chi connectivity index (χ1) is 7.10. The van der Waals surface area contributed by atoms with E-state index >= 15 is 0 Å². The molecular weight excluding hydrogens is 238 g/mol. The molecule has 1 aliphatic heterocycles. The second-order valence-electron chi connectivity index (χ2n) is 2.90. The molecule has 1 heterocycles. The van der Waals surface area contributed by atoms with Gasteiger partial charge in [-0.1, -0.05) is 0 Å². The molecule has 7 heteroatoms. The summed E-state index contributed by atoms with van der Waals surface area (Å²) in [6, 6.07) is 0. The predicted octanol–water partition coefficient (Wildman–Crippen LogP) is 0.255. The minimum absolute atomic E-state index is 0.108. The van der Waals surface area contributed by atoms with Gasteiger partial charge < -0.3 is 4.84 Å². The summed E-state index contributed by atoms with van der Waals surface area (Å²) in [4.78, 5) is 38.4. The van der Waals surface area contributed by atoms with Gasteiger partial charge in [0.1, 0.15) is 5.25 Å². The average molecular weight is 249 g/mol. The highest BCUT2D eigenvalue weighted by atomic mass is 32.2. The summed E-state index contributed by atoms with van der Waals surface area (Å²) in [5.74, 6) is -1.24. The Morgan fingerprint density at radius 2 is 2.07 bits per heavy atom. The summed E-state index contributed by atoms with van der Waals surface area (Å²) < 4.78 is 0. The number of thioether (sulfide) groups is 1. The SMILES string of the molecule is CSC(CS)C(=O)ON1C(=O)CCC1=O. The lowest BCUT2D eigenvalue weighted by Gasteiger charge is -2.16. The van der Waals surface area contributed by atoms with Crippen LogP contribution < -0.4 is 0 Å². The Labute approximate surface area is 96.9 Å². The fourth-order valence-corrected chi connectivity index (χ4v) is 2.03. The number of nitrogens with zero attached hydrogens (tertiary/aromatic N) is 1. The van der Waals surface area contributed by atoms with Crippen molar-refractivity contribution in [2.24, 2.45) is 0 Å². The maximum absolute atomic E-state index is 11.4. The molecule has 1 fully saturated rings. The number of carbonyl (C=O) groups excluding carboxylic acids is 3. The molecular formula is C8H11NO4S2. The van der Waals surface area contributed by atoms with Crippen LogP contribution in [-0.2, 0) is 19.2 Å². The maximum Gasteiger partial charge on any atom is 0.346 e.